The van der Waals surface area contributed by atoms with E-state index in [2.05, 4.69) is 41.6 Å². The highest BCUT2D eigenvalue weighted by Crippen LogP contribution is 2.38. The Balaban J connectivity index is 1.46. The van der Waals surface area contributed by atoms with E-state index < -0.39 is 11.6 Å². The number of hydrogen-bond donors (Lipinski definition) is 2. The predicted molar refractivity (Wildman–Crippen MR) is 133 cm³/mol. The Morgan fingerprint density at radius 3 is 2.86 bits per heavy atom. The molecule has 0 aliphatic heterocycles. The van der Waals surface area contributed by atoms with Gasteiger partial charge in [0.15, 0.2) is 11.5 Å². The first-order valence-electron chi connectivity index (χ1n) is 11.9. The number of pyridine rings is 2. The number of nitrogens with one attached hydrogen (secondary N) is 1. The first-order chi connectivity index (χ1) is 17.9. The van der Waals surface area contributed by atoms with Crippen molar-refractivity contribution in [2.75, 3.05) is 5.32 Å². The van der Waals surface area contributed by atoms with E-state index in [1.54, 1.807) is 40.8 Å². The second-order valence-electron chi connectivity index (χ2n) is 9.29. The van der Waals surface area contributed by atoms with E-state index in [9.17, 15) is 15.2 Å². The lowest BCUT2D eigenvalue weighted by Crippen LogP contribution is -2.33. The van der Waals surface area contributed by atoms with Crippen LogP contribution in [0.4, 0.5) is 11.4 Å². The first-order valence-corrected chi connectivity index (χ1v) is 11.9. The minimum absolute atomic E-state index is 0.129. The molecule has 12 heteroatoms. The molecule has 0 saturated heterocycles. The Bertz CT molecular complexity index is 1540. The van der Waals surface area contributed by atoms with E-state index in [1.165, 1.54) is 6.20 Å². The van der Waals surface area contributed by atoms with Crippen molar-refractivity contribution < 1.29 is 9.90 Å². The highest BCUT2D eigenvalue weighted by Gasteiger charge is 2.34. The fourth-order valence-electron chi connectivity index (χ4n) is 4.65. The number of rotatable bonds is 7. The number of hydrogen-bond acceptors (Lipinski definition) is 9. The molecule has 2 N–H and O–H groups in total. The molecule has 12 nitrogen and oxygen atoms in total. The summed E-state index contributed by atoms with van der Waals surface area (Å²) in [4.78, 5) is 23.2. The maximum Gasteiger partial charge on any atom is 0.205 e. The summed E-state index contributed by atoms with van der Waals surface area (Å²) in [6.45, 7) is 8.93. The first kappa shape index (κ1) is 24.0. The number of carbonyl (C=O) groups is 1. The molecule has 0 radical (unpaired) electrons. The van der Waals surface area contributed by atoms with Crippen molar-refractivity contribution in [3.63, 3.8) is 0 Å². The molecule has 1 atom stereocenters. The highest BCUT2D eigenvalue weighted by molar-refractivity contribution is 5.80. The molecule has 4 heterocycles. The molecular weight excluding hydrogens is 472 g/mol. The minimum Gasteiger partial charge on any atom is -0.389 e. The van der Waals surface area contributed by atoms with Gasteiger partial charge in [-0.1, -0.05) is 5.21 Å². The van der Waals surface area contributed by atoms with Crippen LogP contribution >= 0.6 is 0 Å². The average Bonchev–Trinajstić information content (AvgIpc) is 3.56. The van der Waals surface area contributed by atoms with E-state index in [-0.39, 0.29) is 12.3 Å². The van der Waals surface area contributed by atoms with Crippen molar-refractivity contribution >= 4 is 28.7 Å². The van der Waals surface area contributed by atoms with Crippen molar-refractivity contribution in [1.82, 2.24) is 34.7 Å². The van der Waals surface area contributed by atoms with Crippen LogP contribution in [-0.4, -0.2) is 57.8 Å². The smallest absolute Gasteiger partial charge is 0.205 e. The van der Waals surface area contributed by atoms with Crippen molar-refractivity contribution in [2.24, 2.45) is 0 Å². The van der Waals surface area contributed by atoms with Crippen LogP contribution in [0.5, 0.6) is 0 Å². The highest BCUT2D eigenvalue weighted by atomic mass is 16.3. The van der Waals surface area contributed by atoms with Crippen LogP contribution in [0.3, 0.4) is 0 Å². The zero-order valence-electron chi connectivity index (χ0n) is 20.1. The number of nitriles is 1. The summed E-state index contributed by atoms with van der Waals surface area (Å²) in [6, 6.07) is 5.17. The molecule has 0 bridgehead atoms. The van der Waals surface area contributed by atoms with E-state index in [0.717, 1.165) is 12.0 Å². The Morgan fingerprint density at radius 2 is 2.14 bits per heavy atom. The Labute approximate surface area is 212 Å². The third-order valence-corrected chi connectivity index (χ3v) is 6.73. The lowest BCUT2D eigenvalue weighted by Gasteiger charge is -2.34. The summed E-state index contributed by atoms with van der Waals surface area (Å²) >= 11 is 0. The lowest BCUT2D eigenvalue weighted by atomic mass is 9.76. The van der Waals surface area contributed by atoms with Gasteiger partial charge in [-0.2, -0.15) is 15.0 Å². The van der Waals surface area contributed by atoms with E-state index in [0.29, 0.717) is 59.6 Å². The molecule has 1 aliphatic carbocycles. The number of anilines is 1. The average molecular weight is 497 g/mol. The molecule has 37 heavy (non-hydrogen) atoms. The summed E-state index contributed by atoms with van der Waals surface area (Å²) in [5, 5.41) is 36.9. The van der Waals surface area contributed by atoms with Crippen LogP contribution in [0.25, 0.3) is 27.4 Å². The predicted octanol–water partition coefficient (Wildman–Crippen LogP) is 3.25. The van der Waals surface area contributed by atoms with Gasteiger partial charge in [0.25, 0.3) is 0 Å². The largest absolute Gasteiger partial charge is 0.389 e. The van der Waals surface area contributed by atoms with E-state index in [4.69, 9.17) is 6.57 Å². The number of carbonyl (C=O) groups excluding carboxylic acids is 1. The number of aromatic nitrogens is 7. The molecule has 1 fully saturated rings. The van der Waals surface area contributed by atoms with Gasteiger partial charge in [-0.25, -0.2) is 19.5 Å². The summed E-state index contributed by atoms with van der Waals surface area (Å²) in [6.07, 6.45) is 10.0. The second-order valence-corrected chi connectivity index (χ2v) is 9.29. The maximum atomic E-state index is 10.9. The number of aliphatic hydroxyl groups is 1. The van der Waals surface area contributed by atoms with Crippen molar-refractivity contribution in [2.45, 2.75) is 56.6 Å². The van der Waals surface area contributed by atoms with E-state index in [1.807, 2.05) is 6.20 Å². The molecular formula is C25H24N10O2. The van der Waals surface area contributed by atoms with Crippen molar-refractivity contribution in [3.05, 3.63) is 54.0 Å². The quantitative estimate of drug-likeness (QED) is 0.290. The normalized spacial score (nSPS) is 20.2. The van der Waals surface area contributed by atoms with Gasteiger partial charge in [-0.15, -0.1) is 5.10 Å². The fourth-order valence-corrected chi connectivity index (χ4v) is 4.65. The molecule has 0 amide bonds. The molecule has 1 saturated carbocycles. The summed E-state index contributed by atoms with van der Waals surface area (Å²) in [5.74, 6) is 0.612. The summed E-state index contributed by atoms with van der Waals surface area (Å²) in [5.41, 5.74) is 2.07. The zero-order valence-corrected chi connectivity index (χ0v) is 20.1. The van der Waals surface area contributed by atoms with Gasteiger partial charge in [0.05, 0.1) is 48.2 Å². The monoisotopic (exact) mass is 496 g/mol. The van der Waals surface area contributed by atoms with Crippen LogP contribution < -0.4 is 5.32 Å². The molecule has 0 unspecified atom stereocenters. The topological polar surface area (TPSA) is 152 Å². The summed E-state index contributed by atoms with van der Waals surface area (Å²) < 4.78 is 3.19. The number of fused-ring (bicyclic) bond motifs is 1. The van der Waals surface area contributed by atoms with E-state index >= 15 is 0 Å². The van der Waals surface area contributed by atoms with Crippen LogP contribution in [0.2, 0.25) is 0 Å². The minimum atomic E-state index is -0.929. The SMILES string of the molecule is [C-]#[N+]c1cnc2c(cnn2-c2cc(N[C@H](C)C#N)c(-n3cc(C4CCC(O)(CC=O)CC4)nn3)cn2)c1. The van der Waals surface area contributed by atoms with Gasteiger partial charge in [-0.3, -0.25) is 0 Å². The molecule has 0 aromatic carbocycles. The second kappa shape index (κ2) is 9.76. The Kier molecular flexibility index (Phi) is 6.34. The van der Waals surface area contributed by atoms with Crippen molar-refractivity contribution in [3.8, 4) is 17.6 Å². The molecule has 4 aromatic rings. The number of aldehydes is 1. The Hall–Kier alpha value is -4.68. The van der Waals surface area contributed by atoms with Crippen LogP contribution in [0.15, 0.2) is 36.9 Å². The van der Waals surface area contributed by atoms with Crippen LogP contribution in [0.1, 0.15) is 50.6 Å². The van der Waals surface area contributed by atoms with Gasteiger partial charge >= 0.3 is 0 Å². The van der Waals surface area contributed by atoms with Crippen molar-refractivity contribution in [1.29, 1.82) is 5.26 Å². The molecule has 4 aromatic heterocycles. The molecule has 186 valence electrons. The Morgan fingerprint density at radius 1 is 1.32 bits per heavy atom. The molecule has 0 spiro atoms. The van der Waals surface area contributed by atoms with Gasteiger partial charge in [0, 0.05) is 30.0 Å². The standard InChI is InChI=1S/C25H24N10O2/c1-16(11-26)31-20-10-23(35-24-18(12-30-35)9-19(27-2)13-29-24)28-14-22(20)34-15-21(32-33-34)17-3-5-25(37,6-4-17)7-8-36/h8-10,12-17,37H,3-7H2,1H3,(H,28,31)/t16-,17?,25?/m1/s1. The van der Waals surface area contributed by atoms with Crippen LogP contribution in [-0.2, 0) is 4.79 Å². The number of nitrogens with zero attached hydrogens (tertiary/aromatic N) is 9. The third-order valence-electron chi connectivity index (χ3n) is 6.73. The fraction of sp³-hybridized carbons (Fsp3) is 0.360. The third kappa shape index (κ3) is 4.75. The van der Waals surface area contributed by atoms with Gasteiger partial charge in [-0.05, 0) is 38.7 Å². The van der Waals surface area contributed by atoms with Gasteiger partial charge in [0.1, 0.15) is 18.0 Å². The molecule has 5 rings (SSSR count). The molecule has 1 aliphatic rings. The van der Waals surface area contributed by atoms with Gasteiger partial charge in [0.2, 0.25) is 5.69 Å². The maximum absolute atomic E-state index is 10.9. The van der Waals surface area contributed by atoms with Gasteiger partial charge < -0.3 is 15.2 Å². The lowest BCUT2D eigenvalue weighted by molar-refractivity contribution is -0.113. The zero-order chi connectivity index (χ0) is 26.0. The van der Waals surface area contributed by atoms with Crippen LogP contribution in [0, 0.1) is 17.9 Å². The summed E-state index contributed by atoms with van der Waals surface area (Å²) in [7, 11) is 0.